The fourth-order valence-electron chi connectivity index (χ4n) is 1.97. The number of hydrogen-bond acceptors (Lipinski definition) is 3. The van der Waals surface area contributed by atoms with Crippen molar-refractivity contribution in [2.24, 2.45) is 0 Å². The molecule has 0 heterocycles. The second kappa shape index (κ2) is 13.5. The van der Waals surface area contributed by atoms with Gasteiger partial charge in [0.2, 0.25) is 0 Å². The average molecular weight is 276 g/mol. The van der Waals surface area contributed by atoms with Gasteiger partial charge >= 0.3 is 0 Å². The maximum Gasteiger partial charge on any atom is 0.136 e. The maximum atomic E-state index is 5.65. The number of ether oxygens (including phenoxy) is 2. The maximum absolute atomic E-state index is 5.65. The Morgan fingerprint density at radius 2 is 1.39 bits per heavy atom. The molecule has 0 aliphatic rings. The van der Waals surface area contributed by atoms with Crippen LogP contribution in [0.3, 0.4) is 0 Å². The van der Waals surface area contributed by atoms with Crippen LogP contribution in [0.15, 0.2) is 0 Å². The summed E-state index contributed by atoms with van der Waals surface area (Å²) in [5.41, 5.74) is 0. The molecule has 0 unspecified atom stereocenters. The molecule has 0 aromatic heterocycles. The van der Waals surface area contributed by atoms with E-state index in [2.05, 4.69) is 18.7 Å². The average Bonchev–Trinajstić information content (AvgIpc) is 2.38. The lowest BCUT2D eigenvalue weighted by Crippen LogP contribution is -2.37. The first-order valence-corrected chi connectivity index (χ1v) is 9.55. The molecular formula is C14H33NO2Si. The van der Waals surface area contributed by atoms with Crippen LogP contribution >= 0.6 is 0 Å². The lowest BCUT2D eigenvalue weighted by atomic mass is 10.3. The van der Waals surface area contributed by atoms with Crippen LogP contribution < -0.4 is 0 Å². The molecule has 0 N–H and O–H groups in total. The predicted octanol–water partition coefficient (Wildman–Crippen LogP) is 2.37. The highest BCUT2D eigenvalue weighted by Gasteiger charge is 2.12. The summed E-state index contributed by atoms with van der Waals surface area (Å²) >= 11 is 0. The Morgan fingerprint density at radius 1 is 0.889 bits per heavy atom. The molecule has 0 atom stereocenters. The molecule has 0 aromatic rings. The zero-order valence-corrected chi connectivity index (χ0v) is 14.3. The van der Waals surface area contributed by atoms with E-state index in [-0.39, 0.29) is 15.4 Å². The van der Waals surface area contributed by atoms with Gasteiger partial charge in [0.05, 0.1) is 0 Å². The summed E-state index contributed by atoms with van der Waals surface area (Å²) in [5, 5.41) is 0. The second-order valence-electron chi connectivity index (χ2n) is 4.68. The normalized spacial score (nSPS) is 12.3. The highest BCUT2D eigenvalue weighted by Crippen LogP contribution is 2.01. The van der Waals surface area contributed by atoms with Crippen molar-refractivity contribution < 1.29 is 9.47 Å². The second-order valence-corrected chi connectivity index (χ2v) is 6.37. The Bertz CT molecular complexity index is 156. The first-order valence-electron chi connectivity index (χ1n) is 7.73. The molecule has 110 valence electrons. The molecule has 0 aromatic carbocycles. The SMILES string of the molecule is CCCCN(CCCC)C[SiH2]C(OCC)OCC. The van der Waals surface area contributed by atoms with E-state index in [1.807, 2.05) is 13.8 Å². The van der Waals surface area contributed by atoms with Crippen molar-refractivity contribution >= 4 is 9.52 Å². The zero-order valence-electron chi connectivity index (χ0n) is 12.9. The van der Waals surface area contributed by atoms with Gasteiger partial charge in [-0.1, -0.05) is 26.7 Å². The number of unbranched alkanes of at least 4 members (excludes halogenated alkanes) is 2. The number of rotatable bonds is 13. The molecule has 0 aliphatic carbocycles. The molecule has 18 heavy (non-hydrogen) atoms. The van der Waals surface area contributed by atoms with Gasteiger partial charge in [0, 0.05) is 13.2 Å². The van der Waals surface area contributed by atoms with Crippen LogP contribution in [0, 0.1) is 0 Å². The van der Waals surface area contributed by atoms with Crippen molar-refractivity contribution in [3.8, 4) is 0 Å². The smallest absolute Gasteiger partial charge is 0.136 e. The molecule has 3 nitrogen and oxygen atoms in total. The fourth-order valence-corrected chi connectivity index (χ4v) is 3.80. The van der Waals surface area contributed by atoms with Crippen LogP contribution in [-0.2, 0) is 9.47 Å². The minimum atomic E-state index is -0.319. The highest BCUT2D eigenvalue weighted by atomic mass is 28.2. The third-order valence-electron chi connectivity index (χ3n) is 3.04. The molecule has 0 saturated heterocycles. The summed E-state index contributed by atoms with van der Waals surface area (Å²) in [7, 11) is -0.319. The van der Waals surface area contributed by atoms with E-state index < -0.39 is 0 Å². The molecule has 0 fully saturated rings. The minimum Gasteiger partial charge on any atom is -0.357 e. The quantitative estimate of drug-likeness (QED) is 0.380. The standard InChI is InChI=1S/C14H33NO2Si/c1-5-9-11-15(12-10-6-2)13-18-14(16-7-3)17-8-4/h14H,5-13,18H2,1-4H3. The first-order chi connectivity index (χ1) is 8.78. The summed E-state index contributed by atoms with van der Waals surface area (Å²) in [5.74, 6) is 0.116. The lowest BCUT2D eigenvalue weighted by Gasteiger charge is -2.24. The lowest BCUT2D eigenvalue weighted by molar-refractivity contribution is -0.0833. The Morgan fingerprint density at radius 3 is 1.78 bits per heavy atom. The molecule has 0 aliphatic heterocycles. The molecular weight excluding hydrogens is 242 g/mol. The highest BCUT2D eigenvalue weighted by molar-refractivity contribution is 6.36. The molecule has 4 heteroatoms. The van der Waals surface area contributed by atoms with Crippen molar-refractivity contribution in [3.05, 3.63) is 0 Å². The summed E-state index contributed by atoms with van der Waals surface area (Å²) in [6.07, 6.45) is 6.41. The van der Waals surface area contributed by atoms with Gasteiger partial charge in [-0.05, 0) is 45.9 Å². The topological polar surface area (TPSA) is 21.7 Å². The molecule has 0 rings (SSSR count). The first kappa shape index (κ1) is 18.1. The Labute approximate surface area is 116 Å². The van der Waals surface area contributed by atoms with Gasteiger partial charge in [-0.15, -0.1) is 0 Å². The van der Waals surface area contributed by atoms with E-state index in [0.717, 1.165) is 13.2 Å². The predicted molar refractivity (Wildman–Crippen MR) is 81.8 cm³/mol. The summed E-state index contributed by atoms with van der Waals surface area (Å²) in [6.45, 7) is 12.6. The van der Waals surface area contributed by atoms with E-state index in [1.54, 1.807) is 0 Å². The van der Waals surface area contributed by atoms with Crippen LogP contribution in [0.4, 0.5) is 0 Å². The van der Waals surface area contributed by atoms with Gasteiger partial charge in [0.1, 0.15) is 15.4 Å². The van der Waals surface area contributed by atoms with Crippen molar-refractivity contribution in [1.29, 1.82) is 0 Å². The van der Waals surface area contributed by atoms with E-state index in [0.29, 0.717) is 0 Å². The summed E-state index contributed by atoms with van der Waals surface area (Å²) in [4.78, 5) is 2.62. The van der Waals surface area contributed by atoms with E-state index in [4.69, 9.17) is 9.47 Å². The fraction of sp³-hybridized carbons (Fsp3) is 1.00. The molecule has 0 radical (unpaired) electrons. The van der Waals surface area contributed by atoms with Crippen LogP contribution in [0.1, 0.15) is 53.4 Å². The largest absolute Gasteiger partial charge is 0.357 e. The van der Waals surface area contributed by atoms with Crippen molar-refractivity contribution in [1.82, 2.24) is 4.90 Å². The Kier molecular flexibility index (Phi) is 13.6. The monoisotopic (exact) mass is 275 g/mol. The molecule has 0 bridgehead atoms. The van der Waals surface area contributed by atoms with Crippen LogP contribution in [0.25, 0.3) is 0 Å². The van der Waals surface area contributed by atoms with E-state index >= 15 is 0 Å². The molecule has 0 saturated carbocycles. The third kappa shape index (κ3) is 10.1. The summed E-state index contributed by atoms with van der Waals surface area (Å²) < 4.78 is 11.3. The van der Waals surface area contributed by atoms with Gasteiger partial charge in [-0.3, -0.25) is 0 Å². The van der Waals surface area contributed by atoms with Gasteiger partial charge in [0.25, 0.3) is 0 Å². The van der Waals surface area contributed by atoms with Gasteiger partial charge in [-0.25, -0.2) is 0 Å². The van der Waals surface area contributed by atoms with E-state index in [9.17, 15) is 0 Å². The molecule has 0 amide bonds. The van der Waals surface area contributed by atoms with Crippen LogP contribution in [0.5, 0.6) is 0 Å². The van der Waals surface area contributed by atoms with Crippen LogP contribution in [0.2, 0.25) is 0 Å². The molecule has 0 spiro atoms. The van der Waals surface area contributed by atoms with Gasteiger partial charge in [-0.2, -0.15) is 0 Å². The van der Waals surface area contributed by atoms with Crippen molar-refractivity contribution in [2.75, 3.05) is 32.5 Å². The minimum absolute atomic E-state index is 0.116. The van der Waals surface area contributed by atoms with Crippen molar-refractivity contribution in [3.63, 3.8) is 0 Å². The number of hydrogen-bond donors (Lipinski definition) is 0. The number of nitrogens with zero attached hydrogens (tertiary/aromatic N) is 1. The van der Waals surface area contributed by atoms with Gasteiger partial charge < -0.3 is 14.4 Å². The van der Waals surface area contributed by atoms with E-state index in [1.165, 1.54) is 44.9 Å². The van der Waals surface area contributed by atoms with Crippen molar-refractivity contribution in [2.45, 2.75) is 59.3 Å². The van der Waals surface area contributed by atoms with Crippen LogP contribution in [-0.4, -0.2) is 52.8 Å². The Hall–Kier alpha value is 0.0969. The zero-order chi connectivity index (χ0) is 13.6. The Balaban J connectivity index is 3.94. The summed E-state index contributed by atoms with van der Waals surface area (Å²) in [6, 6.07) is 0. The van der Waals surface area contributed by atoms with Gasteiger partial charge in [0.15, 0.2) is 0 Å². The third-order valence-corrected chi connectivity index (χ3v) is 4.88.